The molecule has 1 aromatic heterocycles. The van der Waals surface area contributed by atoms with Crippen LogP contribution >= 0.6 is 0 Å². The summed E-state index contributed by atoms with van der Waals surface area (Å²) in [5, 5.41) is 7.48. The number of amides is 2. The van der Waals surface area contributed by atoms with Gasteiger partial charge in [0.1, 0.15) is 11.5 Å². The molecule has 0 saturated carbocycles. The summed E-state index contributed by atoms with van der Waals surface area (Å²) in [5.74, 6) is 2.69. The minimum Gasteiger partial charge on any atom is -0.497 e. The molecule has 2 N–H and O–H groups in total. The molecule has 200 valence electrons. The fourth-order valence-corrected chi connectivity index (χ4v) is 6.18. The number of pyridine rings is 1. The van der Waals surface area contributed by atoms with Gasteiger partial charge in [-0.05, 0) is 105 Å². The Morgan fingerprint density at radius 3 is 2.79 bits per heavy atom. The number of hydrogen-bond donors (Lipinski definition) is 2. The molecule has 4 heterocycles. The van der Waals surface area contributed by atoms with E-state index in [0.29, 0.717) is 18.4 Å². The van der Waals surface area contributed by atoms with Crippen LogP contribution in [-0.2, 0) is 0 Å². The second-order valence-corrected chi connectivity index (χ2v) is 10.5. The number of aryl methyl sites for hydroxylation is 2. The van der Waals surface area contributed by atoms with E-state index in [1.54, 1.807) is 7.11 Å². The van der Waals surface area contributed by atoms with Gasteiger partial charge in [-0.1, -0.05) is 6.08 Å². The van der Waals surface area contributed by atoms with E-state index in [2.05, 4.69) is 33.2 Å². The number of anilines is 1. The lowest BCUT2D eigenvalue weighted by Gasteiger charge is -2.51. The van der Waals surface area contributed by atoms with E-state index in [1.165, 1.54) is 6.42 Å². The molecule has 0 aliphatic carbocycles. The summed E-state index contributed by atoms with van der Waals surface area (Å²) in [7, 11) is 1.67. The third-order valence-corrected chi connectivity index (χ3v) is 8.21. The molecule has 6 rings (SSSR count). The number of carbonyl (C=O) groups excluding carboxylic acids is 1. The first-order valence-corrected chi connectivity index (χ1v) is 13.5. The fourth-order valence-electron chi connectivity index (χ4n) is 6.18. The molecule has 0 spiro atoms. The molecule has 2 amide bonds. The van der Waals surface area contributed by atoms with E-state index >= 15 is 0 Å². The van der Waals surface area contributed by atoms with Crippen LogP contribution < -0.4 is 20.1 Å². The van der Waals surface area contributed by atoms with Crippen LogP contribution in [0.1, 0.15) is 42.5 Å². The number of hydrogen-bond acceptors (Lipinski definition) is 5. The van der Waals surface area contributed by atoms with Crippen LogP contribution in [0.2, 0.25) is 0 Å². The molecule has 3 aromatic rings. The lowest BCUT2D eigenvalue weighted by atomic mass is 9.73. The number of ether oxygens (including phenoxy) is 2. The molecular formula is C31H38N4O3. The monoisotopic (exact) mass is 514 g/mol. The van der Waals surface area contributed by atoms with Gasteiger partial charge in [0.05, 0.1) is 25.3 Å². The number of nitrogens with one attached hydrogen (secondary N) is 2. The van der Waals surface area contributed by atoms with Crippen molar-refractivity contribution >= 4 is 22.6 Å². The Hall–Kier alpha value is -3.58. The van der Waals surface area contributed by atoms with Gasteiger partial charge < -0.3 is 20.1 Å². The van der Waals surface area contributed by atoms with Crippen molar-refractivity contribution in [2.24, 2.45) is 11.8 Å². The van der Waals surface area contributed by atoms with Gasteiger partial charge in [0, 0.05) is 29.9 Å². The Balaban J connectivity index is 1.48. The van der Waals surface area contributed by atoms with Gasteiger partial charge in [0.2, 0.25) is 0 Å². The predicted octanol–water partition coefficient (Wildman–Crippen LogP) is 6.02. The van der Waals surface area contributed by atoms with E-state index in [-0.39, 0.29) is 18.1 Å². The number of rotatable bonds is 8. The zero-order valence-corrected chi connectivity index (χ0v) is 22.8. The minimum absolute atomic E-state index is 0.177. The lowest BCUT2D eigenvalue weighted by molar-refractivity contribution is 0.00340. The number of methoxy groups -OCH3 is 1. The van der Waals surface area contributed by atoms with Crippen LogP contribution in [0.4, 0.5) is 10.5 Å². The average Bonchev–Trinajstić information content (AvgIpc) is 2.94. The topological polar surface area (TPSA) is 75.7 Å². The fraction of sp³-hybridized carbons (Fsp3) is 0.419. The zero-order chi connectivity index (χ0) is 26.8. The molecular weight excluding hydrogens is 476 g/mol. The van der Waals surface area contributed by atoms with Gasteiger partial charge in [0.15, 0.2) is 0 Å². The van der Waals surface area contributed by atoms with Gasteiger partial charge >= 0.3 is 6.03 Å². The highest BCUT2D eigenvalue weighted by Gasteiger charge is 2.43. The van der Waals surface area contributed by atoms with E-state index in [4.69, 9.17) is 9.47 Å². The molecule has 3 fully saturated rings. The first-order valence-electron chi connectivity index (χ1n) is 13.5. The number of nitrogens with zero attached hydrogens (tertiary/aromatic N) is 2. The Morgan fingerprint density at radius 2 is 2.08 bits per heavy atom. The Bertz CT molecular complexity index is 1340. The molecule has 2 aromatic carbocycles. The van der Waals surface area contributed by atoms with Crippen LogP contribution in [0.5, 0.6) is 11.5 Å². The normalized spacial score (nSPS) is 23.1. The smallest absolute Gasteiger partial charge is 0.319 e. The van der Waals surface area contributed by atoms with Crippen LogP contribution in [0.15, 0.2) is 55.3 Å². The van der Waals surface area contributed by atoms with Gasteiger partial charge in [-0.3, -0.25) is 9.88 Å². The summed E-state index contributed by atoms with van der Waals surface area (Å²) >= 11 is 0. The SMILES string of the molecule is C=CC1CN2CCC1CC2[C@@H](NC(=O)Nc1cc(C)c(OCC)cc1C)c1ccnc2ccc(OC)cc12. The van der Waals surface area contributed by atoms with E-state index in [9.17, 15) is 4.79 Å². The predicted molar refractivity (Wildman–Crippen MR) is 152 cm³/mol. The average molecular weight is 515 g/mol. The number of piperidine rings is 3. The molecule has 2 bridgehead atoms. The molecule has 3 aliphatic rings. The molecule has 4 unspecified atom stereocenters. The summed E-state index contributed by atoms with van der Waals surface area (Å²) in [4.78, 5) is 20.7. The molecule has 3 aliphatic heterocycles. The van der Waals surface area contributed by atoms with Gasteiger partial charge in [0.25, 0.3) is 0 Å². The molecule has 3 saturated heterocycles. The summed E-state index contributed by atoms with van der Waals surface area (Å²) in [5.41, 5.74) is 4.66. The minimum atomic E-state index is -0.225. The quantitative estimate of drug-likeness (QED) is 0.360. The van der Waals surface area contributed by atoms with Crippen molar-refractivity contribution in [2.75, 3.05) is 32.1 Å². The van der Waals surface area contributed by atoms with Crippen LogP contribution in [0.25, 0.3) is 10.9 Å². The van der Waals surface area contributed by atoms with Crippen LogP contribution in [-0.4, -0.2) is 48.8 Å². The second-order valence-electron chi connectivity index (χ2n) is 10.5. The number of carbonyl (C=O) groups is 1. The molecule has 5 atom stereocenters. The highest BCUT2D eigenvalue weighted by atomic mass is 16.5. The first-order chi connectivity index (χ1) is 18.4. The summed E-state index contributed by atoms with van der Waals surface area (Å²) in [6.45, 7) is 12.6. The Kier molecular flexibility index (Phi) is 7.56. The Morgan fingerprint density at radius 1 is 1.24 bits per heavy atom. The highest BCUT2D eigenvalue weighted by Crippen LogP contribution is 2.42. The van der Waals surface area contributed by atoms with Crippen molar-refractivity contribution in [2.45, 2.75) is 45.7 Å². The maximum absolute atomic E-state index is 13.6. The van der Waals surface area contributed by atoms with Crippen molar-refractivity contribution in [3.63, 3.8) is 0 Å². The molecule has 7 heteroatoms. The van der Waals surface area contributed by atoms with Crippen LogP contribution in [0, 0.1) is 25.7 Å². The maximum Gasteiger partial charge on any atom is 0.319 e. The van der Waals surface area contributed by atoms with Crippen molar-refractivity contribution in [1.29, 1.82) is 0 Å². The largest absolute Gasteiger partial charge is 0.497 e. The van der Waals surface area contributed by atoms with E-state index < -0.39 is 0 Å². The highest BCUT2D eigenvalue weighted by molar-refractivity contribution is 5.91. The number of aromatic nitrogens is 1. The third-order valence-electron chi connectivity index (χ3n) is 8.21. The zero-order valence-electron chi connectivity index (χ0n) is 22.8. The van der Waals surface area contributed by atoms with Crippen molar-refractivity contribution in [1.82, 2.24) is 15.2 Å². The van der Waals surface area contributed by atoms with Gasteiger partial charge in [-0.2, -0.15) is 0 Å². The van der Waals surface area contributed by atoms with Crippen LogP contribution in [0.3, 0.4) is 0 Å². The first kappa shape index (κ1) is 26.0. The second kappa shape index (κ2) is 11.0. The third kappa shape index (κ3) is 5.07. The van der Waals surface area contributed by atoms with E-state index in [0.717, 1.165) is 64.3 Å². The number of benzene rings is 2. The molecule has 0 radical (unpaired) electrons. The van der Waals surface area contributed by atoms with Gasteiger partial charge in [-0.25, -0.2) is 4.79 Å². The number of fused-ring (bicyclic) bond motifs is 4. The maximum atomic E-state index is 13.6. The van der Waals surface area contributed by atoms with Crippen molar-refractivity contribution < 1.29 is 14.3 Å². The standard InChI is InChI=1S/C31H38N4O3/c1-6-21-18-35-13-11-22(21)16-28(35)30(24-10-12-32-26-9-8-23(37-5)17-25(24)26)34-31(36)33-27-14-20(4)29(38-7-2)15-19(27)3/h6,8-10,12,14-15,17,21-22,28,30H,1,7,11,13,16,18H2,2-5H3,(H2,33,34,36)/t21?,22?,28?,30-/m0/s1. The summed E-state index contributed by atoms with van der Waals surface area (Å²) in [6, 6.07) is 11.6. The van der Waals surface area contributed by atoms with Crippen molar-refractivity contribution in [3.05, 3.63) is 71.9 Å². The lowest BCUT2D eigenvalue weighted by Crippen LogP contribution is -2.57. The van der Waals surface area contributed by atoms with E-state index in [1.807, 2.05) is 63.4 Å². The summed E-state index contributed by atoms with van der Waals surface area (Å²) < 4.78 is 11.3. The van der Waals surface area contributed by atoms with Gasteiger partial charge in [-0.15, -0.1) is 6.58 Å². The number of urea groups is 1. The molecule has 7 nitrogen and oxygen atoms in total. The Labute approximate surface area is 225 Å². The van der Waals surface area contributed by atoms with Crippen molar-refractivity contribution in [3.8, 4) is 11.5 Å². The summed E-state index contributed by atoms with van der Waals surface area (Å²) in [6.07, 6.45) is 6.11. The molecule has 38 heavy (non-hydrogen) atoms.